The van der Waals surface area contributed by atoms with Crippen molar-refractivity contribution in [2.45, 2.75) is 32.9 Å². The van der Waals surface area contributed by atoms with Gasteiger partial charge >= 0.3 is 0 Å². The highest BCUT2D eigenvalue weighted by atomic mass is 79.9. The van der Waals surface area contributed by atoms with Gasteiger partial charge in [-0.05, 0) is 51.8 Å². The SMILES string of the molecule is CCn1nc(C)c(Br)c1CC(O)c1cc(Br)c(Cl)s1. The lowest BCUT2D eigenvalue weighted by Crippen LogP contribution is -2.08. The van der Waals surface area contributed by atoms with Gasteiger partial charge in [-0.25, -0.2) is 0 Å². The summed E-state index contributed by atoms with van der Waals surface area (Å²) in [6.45, 7) is 4.77. The van der Waals surface area contributed by atoms with Crippen molar-refractivity contribution in [1.29, 1.82) is 0 Å². The van der Waals surface area contributed by atoms with E-state index in [9.17, 15) is 5.11 Å². The smallest absolute Gasteiger partial charge is 0.107 e. The van der Waals surface area contributed by atoms with Crippen LogP contribution in [0.1, 0.15) is 29.3 Å². The highest BCUT2D eigenvalue weighted by molar-refractivity contribution is 9.11. The monoisotopic (exact) mass is 426 g/mol. The molecule has 7 heteroatoms. The Morgan fingerprint density at radius 3 is 2.74 bits per heavy atom. The number of aromatic nitrogens is 2. The molecule has 2 aromatic rings. The molecule has 19 heavy (non-hydrogen) atoms. The Morgan fingerprint density at radius 2 is 2.21 bits per heavy atom. The quantitative estimate of drug-likeness (QED) is 0.765. The third-order valence-electron chi connectivity index (χ3n) is 2.83. The van der Waals surface area contributed by atoms with Crippen LogP contribution in [0.3, 0.4) is 0 Å². The average molecular weight is 429 g/mol. The standard InChI is InChI=1S/C12H13Br2ClN2OS/c1-3-17-8(11(14)6(2)16-17)5-9(18)10-4-7(13)12(15)19-10/h4,9,18H,3,5H2,1-2H3. The van der Waals surface area contributed by atoms with Crippen LogP contribution in [-0.4, -0.2) is 14.9 Å². The third kappa shape index (κ3) is 3.24. The number of halogens is 3. The Hall–Kier alpha value is 0.120. The predicted octanol–water partition coefficient (Wildman–Crippen LogP) is 4.73. The lowest BCUT2D eigenvalue weighted by atomic mass is 10.1. The van der Waals surface area contributed by atoms with E-state index in [2.05, 4.69) is 37.0 Å². The number of nitrogens with zero attached hydrogens (tertiary/aromatic N) is 2. The molecule has 1 N–H and O–H groups in total. The van der Waals surface area contributed by atoms with Gasteiger partial charge in [0.25, 0.3) is 0 Å². The molecule has 0 amide bonds. The molecule has 0 bridgehead atoms. The number of hydrogen-bond acceptors (Lipinski definition) is 3. The summed E-state index contributed by atoms with van der Waals surface area (Å²) in [4.78, 5) is 0.852. The molecule has 2 rings (SSSR count). The minimum atomic E-state index is -0.577. The van der Waals surface area contributed by atoms with Crippen LogP contribution in [0.2, 0.25) is 4.34 Å². The van der Waals surface area contributed by atoms with Crippen LogP contribution in [-0.2, 0) is 13.0 Å². The normalized spacial score (nSPS) is 12.9. The molecule has 0 saturated carbocycles. The van der Waals surface area contributed by atoms with Gasteiger partial charge in [0.1, 0.15) is 4.34 Å². The van der Waals surface area contributed by atoms with Crippen LogP contribution < -0.4 is 0 Å². The zero-order valence-corrected chi connectivity index (χ0v) is 15.2. The predicted molar refractivity (Wildman–Crippen MR) is 86.0 cm³/mol. The topological polar surface area (TPSA) is 38.0 Å². The van der Waals surface area contributed by atoms with Crippen molar-refractivity contribution in [3.63, 3.8) is 0 Å². The lowest BCUT2D eigenvalue weighted by Gasteiger charge is -2.10. The van der Waals surface area contributed by atoms with Crippen LogP contribution in [0, 0.1) is 6.92 Å². The number of hydrogen-bond donors (Lipinski definition) is 1. The molecular weight excluding hydrogens is 415 g/mol. The fraction of sp³-hybridized carbons (Fsp3) is 0.417. The summed E-state index contributed by atoms with van der Waals surface area (Å²) in [6, 6.07) is 1.87. The summed E-state index contributed by atoms with van der Waals surface area (Å²) in [6.07, 6.45) is -0.0649. The van der Waals surface area contributed by atoms with Crippen LogP contribution >= 0.6 is 54.8 Å². The number of thiophene rings is 1. The van der Waals surface area contributed by atoms with Crippen LogP contribution in [0.15, 0.2) is 15.0 Å². The first-order chi connectivity index (χ1) is 8.93. The van der Waals surface area contributed by atoms with E-state index in [1.807, 2.05) is 24.6 Å². The minimum absolute atomic E-state index is 0.512. The molecule has 0 aromatic carbocycles. The van der Waals surface area contributed by atoms with Gasteiger partial charge < -0.3 is 5.11 Å². The Kier molecular flexibility index (Phi) is 5.11. The summed E-state index contributed by atoms with van der Waals surface area (Å²) in [5, 5.41) is 14.8. The summed E-state index contributed by atoms with van der Waals surface area (Å²) < 4.78 is 4.36. The molecule has 2 heterocycles. The number of aliphatic hydroxyl groups excluding tert-OH is 1. The van der Waals surface area contributed by atoms with Crippen molar-refractivity contribution in [2.24, 2.45) is 0 Å². The fourth-order valence-corrected chi connectivity index (χ4v) is 4.04. The highest BCUT2D eigenvalue weighted by Crippen LogP contribution is 2.37. The van der Waals surface area contributed by atoms with Crippen LogP contribution in [0.4, 0.5) is 0 Å². The molecule has 1 atom stereocenters. The minimum Gasteiger partial charge on any atom is -0.387 e. The van der Waals surface area contributed by atoms with Gasteiger partial charge in [-0.1, -0.05) is 11.6 Å². The van der Waals surface area contributed by atoms with Gasteiger partial charge in [-0.3, -0.25) is 4.68 Å². The first-order valence-electron chi connectivity index (χ1n) is 5.78. The maximum Gasteiger partial charge on any atom is 0.107 e. The lowest BCUT2D eigenvalue weighted by molar-refractivity contribution is 0.179. The van der Waals surface area contributed by atoms with E-state index >= 15 is 0 Å². The zero-order valence-electron chi connectivity index (χ0n) is 10.5. The average Bonchev–Trinajstić information content (AvgIpc) is 2.84. The summed E-state index contributed by atoms with van der Waals surface area (Å²) >= 11 is 14.3. The maximum atomic E-state index is 10.3. The second-order valence-electron chi connectivity index (χ2n) is 4.15. The van der Waals surface area contributed by atoms with E-state index in [0.717, 1.165) is 31.8 Å². The molecule has 0 spiro atoms. The van der Waals surface area contributed by atoms with E-state index in [0.29, 0.717) is 10.8 Å². The molecule has 0 aliphatic heterocycles. The molecule has 0 saturated heterocycles. The molecule has 1 unspecified atom stereocenters. The maximum absolute atomic E-state index is 10.3. The molecule has 2 aromatic heterocycles. The van der Waals surface area contributed by atoms with E-state index in [-0.39, 0.29) is 0 Å². The molecule has 0 aliphatic rings. The van der Waals surface area contributed by atoms with Gasteiger partial charge in [0, 0.05) is 22.3 Å². The summed E-state index contributed by atoms with van der Waals surface area (Å²) in [5.41, 5.74) is 1.95. The van der Waals surface area contributed by atoms with Gasteiger partial charge in [-0.15, -0.1) is 11.3 Å². The largest absolute Gasteiger partial charge is 0.387 e. The van der Waals surface area contributed by atoms with E-state index in [1.54, 1.807) is 0 Å². The zero-order chi connectivity index (χ0) is 14.2. The Bertz CT molecular complexity index is 577. The van der Waals surface area contributed by atoms with Crippen molar-refractivity contribution >= 4 is 54.8 Å². The van der Waals surface area contributed by atoms with Crippen molar-refractivity contribution in [1.82, 2.24) is 9.78 Å². The molecule has 0 radical (unpaired) electrons. The summed E-state index contributed by atoms with van der Waals surface area (Å²) in [7, 11) is 0. The van der Waals surface area contributed by atoms with Crippen molar-refractivity contribution in [3.05, 3.63) is 35.6 Å². The van der Waals surface area contributed by atoms with Crippen LogP contribution in [0.5, 0.6) is 0 Å². The van der Waals surface area contributed by atoms with Gasteiger partial charge in [-0.2, -0.15) is 5.10 Å². The molecular formula is C12H13Br2ClN2OS. The van der Waals surface area contributed by atoms with E-state index < -0.39 is 6.10 Å². The Morgan fingerprint density at radius 1 is 1.53 bits per heavy atom. The first-order valence-corrected chi connectivity index (χ1v) is 8.56. The molecule has 104 valence electrons. The number of aryl methyl sites for hydroxylation is 2. The molecule has 0 aliphatic carbocycles. The molecule has 0 fully saturated rings. The van der Waals surface area contributed by atoms with Crippen LogP contribution in [0.25, 0.3) is 0 Å². The Labute approximate surface area is 137 Å². The summed E-state index contributed by atoms with van der Waals surface area (Å²) in [5.74, 6) is 0. The fourth-order valence-electron chi connectivity index (χ4n) is 1.88. The highest BCUT2D eigenvalue weighted by Gasteiger charge is 2.19. The third-order valence-corrected chi connectivity index (χ3v) is 6.44. The number of rotatable bonds is 4. The van der Waals surface area contributed by atoms with Crippen molar-refractivity contribution < 1.29 is 5.11 Å². The Balaban J connectivity index is 2.25. The van der Waals surface area contributed by atoms with Gasteiger partial charge in [0.15, 0.2) is 0 Å². The first kappa shape index (κ1) is 15.5. The van der Waals surface area contributed by atoms with Crippen molar-refractivity contribution in [2.75, 3.05) is 0 Å². The van der Waals surface area contributed by atoms with Gasteiger partial charge in [0.2, 0.25) is 0 Å². The molecule has 3 nitrogen and oxygen atoms in total. The second-order valence-corrected chi connectivity index (χ2v) is 7.49. The number of aliphatic hydroxyl groups is 1. The van der Waals surface area contributed by atoms with Crippen molar-refractivity contribution in [3.8, 4) is 0 Å². The van der Waals surface area contributed by atoms with Gasteiger partial charge in [0.05, 0.1) is 22.0 Å². The van der Waals surface area contributed by atoms with E-state index in [1.165, 1.54) is 11.3 Å². The van der Waals surface area contributed by atoms with E-state index in [4.69, 9.17) is 11.6 Å². The second kappa shape index (κ2) is 6.26.